The highest BCUT2D eigenvalue weighted by Gasteiger charge is 2.20. The minimum Gasteiger partial charge on any atom is -0.325 e. The van der Waals surface area contributed by atoms with E-state index in [1.165, 1.54) is 0 Å². The van der Waals surface area contributed by atoms with E-state index in [2.05, 4.69) is 10.6 Å². The smallest absolute Gasteiger partial charge is 0.288 e. The Morgan fingerprint density at radius 3 is 2.55 bits per heavy atom. The van der Waals surface area contributed by atoms with Gasteiger partial charge in [0, 0.05) is 10.6 Å². The quantitative estimate of drug-likeness (QED) is 0.834. The second-order valence-electron chi connectivity index (χ2n) is 4.39. The third-order valence-corrected chi connectivity index (χ3v) is 3.70. The van der Waals surface area contributed by atoms with Gasteiger partial charge in [-0.25, -0.2) is 0 Å². The molecule has 0 aromatic heterocycles. The van der Waals surface area contributed by atoms with Gasteiger partial charge in [0.2, 0.25) is 5.91 Å². The minimum absolute atomic E-state index is 0. The summed E-state index contributed by atoms with van der Waals surface area (Å²) in [6.07, 6.45) is 2.99. The monoisotopic (exact) mass is 322 g/mol. The zero-order valence-corrected chi connectivity index (χ0v) is 12.4. The van der Waals surface area contributed by atoms with Crippen LogP contribution in [0.3, 0.4) is 0 Å². The zero-order valence-electron chi connectivity index (χ0n) is 10.8. The van der Waals surface area contributed by atoms with Crippen LogP contribution in [0.4, 0.5) is 14.5 Å². The molecule has 2 N–H and O–H groups in total. The molecule has 1 fully saturated rings. The maximum absolute atomic E-state index is 12.2. The summed E-state index contributed by atoms with van der Waals surface area (Å²) in [6.45, 7) is 0.863. The van der Waals surface area contributed by atoms with Crippen LogP contribution in [0, 0.1) is 0 Å². The van der Waals surface area contributed by atoms with Crippen molar-refractivity contribution in [2.75, 3.05) is 11.9 Å². The summed E-state index contributed by atoms with van der Waals surface area (Å²) in [5.74, 6) is -2.49. The molecule has 0 unspecified atom stereocenters. The SMILES string of the molecule is Cl.O=C(Nc1ccc(SC(F)F)cc1)[C@@H]1CCCCN1. The van der Waals surface area contributed by atoms with Gasteiger partial charge in [0.1, 0.15) is 0 Å². The lowest BCUT2D eigenvalue weighted by molar-refractivity contribution is -0.118. The van der Waals surface area contributed by atoms with E-state index in [4.69, 9.17) is 0 Å². The Bertz CT molecular complexity index is 425. The van der Waals surface area contributed by atoms with Crippen LogP contribution in [0.1, 0.15) is 19.3 Å². The summed E-state index contributed by atoms with van der Waals surface area (Å²) < 4.78 is 24.3. The van der Waals surface area contributed by atoms with Crippen molar-refractivity contribution < 1.29 is 13.6 Å². The lowest BCUT2D eigenvalue weighted by Gasteiger charge is -2.22. The Morgan fingerprint density at radius 2 is 2.00 bits per heavy atom. The van der Waals surface area contributed by atoms with Crippen molar-refractivity contribution in [2.24, 2.45) is 0 Å². The van der Waals surface area contributed by atoms with Crippen LogP contribution < -0.4 is 10.6 Å². The Balaban J connectivity index is 0.00000200. The molecular weight excluding hydrogens is 306 g/mol. The van der Waals surface area contributed by atoms with E-state index in [0.29, 0.717) is 22.3 Å². The molecule has 0 saturated carbocycles. The molecule has 1 aromatic carbocycles. The molecule has 0 radical (unpaired) electrons. The highest BCUT2D eigenvalue weighted by atomic mass is 35.5. The molecular formula is C13H17ClF2N2OS. The van der Waals surface area contributed by atoms with E-state index in [-0.39, 0.29) is 24.4 Å². The normalized spacial score (nSPS) is 18.4. The Hall–Kier alpha value is -0.850. The van der Waals surface area contributed by atoms with Gasteiger partial charge in [-0.05, 0) is 43.7 Å². The molecule has 112 valence electrons. The Kier molecular flexibility index (Phi) is 7.26. The predicted molar refractivity (Wildman–Crippen MR) is 79.8 cm³/mol. The van der Waals surface area contributed by atoms with Gasteiger partial charge < -0.3 is 10.6 Å². The van der Waals surface area contributed by atoms with Gasteiger partial charge >= 0.3 is 0 Å². The summed E-state index contributed by atoms with van der Waals surface area (Å²) >= 11 is 0.496. The third kappa shape index (κ3) is 5.26. The topological polar surface area (TPSA) is 41.1 Å². The lowest BCUT2D eigenvalue weighted by atomic mass is 10.0. The van der Waals surface area contributed by atoms with Gasteiger partial charge in [-0.2, -0.15) is 8.78 Å². The number of halogens is 3. The van der Waals surface area contributed by atoms with E-state index in [1.807, 2.05) is 0 Å². The van der Waals surface area contributed by atoms with Crippen molar-refractivity contribution in [1.82, 2.24) is 5.32 Å². The number of rotatable bonds is 4. The molecule has 1 aromatic rings. The average Bonchev–Trinajstić information content (AvgIpc) is 2.41. The summed E-state index contributed by atoms with van der Waals surface area (Å²) in [7, 11) is 0. The molecule has 1 aliphatic rings. The fraction of sp³-hybridized carbons (Fsp3) is 0.462. The number of hydrogen-bond donors (Lipinski definition) is 2. The van der Waals surface area contributed by atoms with Crippen LogP contribution in [0.5, 0.6) is 0 Å². The summed E-state index contributed by atoms with van der Waals surface area (Å²) in [5, 5.41) is 5.96. The van der Waals surface area contributed by atoms with Gasteiger partial charge in [-0.1, -0.05) is 18.2 Å². The Morgan fingerprint density at radius 1 is 1.30 bits per heavy atom. The number of amides is 1. The first-order valence-corrected chi connectivity index (χ1v) is 7.12. The van der Waals surface area contributed by atoms with Gasteiger partial charge in [0.05, 0.1) is 6.04 Å². The maximum Gasteiger partial charge on any atom is 0.288 e. The molecule has 1 aliphatic heterocycles. The number of anilines is 1. The second-order valence-corrected chi connectivity index (χ2v) is 5.46. The first-order valence-electron chi connectivity index (χ1n) is 6.24. The lowest BCUT2D eigenvalue weighted by Crippen LogP contribution is -2.43. The number of carbonyl (C=O) groups is 1. The molecule has 0 aliphatic carbocycles. The summed E-state index contributed by atoms with van der Waals surface area (Å²) in [5.41, 5.74) is 0.635. The number of piperidine rings is 1. The molecule has 2 rings (SSSR count). The van der Waals surface area contributed by atoms with Crippen LogP contribution in [0.2, 0.25) is 0 Å². The van der Waals surface area contributed by atoms with Crippen molar-refractivity contribution in [2.45, 2.75) is 36.0 Å². The number of carbonyl (C=O) groups excluding carboxylic acids is 1. The van der Waals surface area contributed by atoms with E-state index in [1.54, 1.807) is 24.3 Å². The molecule has 0 bridgehead atoms. The highest BCUT2D eigenvalue weighted by molar-refractivity contribution is 7.99. The predicted octanol–water partition coefficient (Wildman–Crippen LogP) is 3.50. The highest BCUT2D eigenvalue weighted by Crippen LogP contribution is 2.26. The standard InChI is InChI=1S/C13H16F2N2OS.ClH/c14-13(15)19-10-6-4-9(5-7-10)17-12(18)11-3-1-2-8-16-11;/h4-7,11,13,16H,1-3,8H2,(H,17,18);1H/t11-;/m0./s1. The van der Waals surface area contributed by atoms with Crippen LogP contribution >= 0.6 is 24.2 Å². The van der Waals surface area contributed by atoms with Crippen molar-refractivity contribution in [3.8, 4) is 0 Å². The third-order valence-electron chi connectivity index (χ3n) is 2.97. The maximum atomic E-state index is 12.2. The molecule has 7 heteroatoms. The summed E-state index contributed by atoms with van der Waals surface area (Å²) in [6, 6.07) is 6.31. The fourth-order valence-corrected chi connectivity index (χ4v) is 2.52. The number of nitrogens with one attached hydrogen (secondary N) is 2. The number of thioether (sulfide) groups is 1. The van der Waals surface area contributed by atoms with Gasteiger partial charge in [0.25, 0.3) is 5.76 Å². The minimum atomic E-state index is -2.42. The first-order chi connectivity index (χ1) is 9.15. The Labute approximate surface area is 127 Å². The van der Waals surface area contributed by atoms with Crippen molar-refractivity contribution >= 4 is 35.8 Å². The molecule has 1 atom stereocenters. The van der Waals surface area contributed by atoms with Crippen molar-refractivity contribution in [3.63, 3.8) is 0 Å². The van der Waals surface area contributed by atoms with Crippen molar-refractivity contribution in [1.29, 1.82) is 0 Å². The molecule has 3 nitrogen and oxygen atoms in total. The second kappa shape index (κ2) is 8.44. The first kappa shape index (κ1) is 17.2. The largest absolute Gasteiger partial charge is 0.325 e. The molecule has 1 amide bonds. The summed E-state index contributed by atoms with van der Waals surface area (Å²) in [4.78, 5) is 12.4. The van der Waals surface area contributed by atoms with Crippen molar-refractivity contribution in [3.05, 3.63) is 24.3 Å². The van der Waals surface area contributed by atoms with Gasteiger partial charge in [-0.15, -0.1) is 12.4 Å². The zero-order chi connectivity index (χ0) is 13.7. The average molecular weight is 323 g/mol. The van der Waals surface area contributed by atoms with E-state index >= 15 is 0 Å². The molecule has 0 spiro atoms. The van der Waals surface area contributed by atoms with Crippen LogP contribution in [-0.4, -0.2) is 24.3 Å². The molecule has 20 heavy (non-hydrogen) atoms. The van der Waals surface area contributed by atoms with E-state index in [0.717, 1.165) is 25.8 Å². The molecule has 1 saturated heterocycles. The van der Waals surface area contributed by atoms with Crippen LogP contribution in [0.25, 0.3) is 0 Å². The van der Waals surface area contributed by atoms with Gasteiger partial charge in [0.15, 0.2) is 0 Å². The number of alkyl halides is 2. The van der Waals surface area contributed by atoms with Crippen LogP contribution in [-0.2, 0) is 4.79 Å². The van der Waals surface area contributed by atoms with E-state index < -0.39 is 5.76 Å². The van der Waals surface area contributed by atoms with E-state index in [9.17, 15) is 13.6 Å². The number of hydrogen-bond acceptors (Lipinski definition) is 3. The van der Waals surface area contributed by atoms with Gasteiger partial charge in [-0.3, -0.25) is 4.79 Å². The fourth-order valence-electron chi connectivity index (χ4n) is 2.02. The van der Waals surface area contributed by atoms with Crippen LogP contribution in [0.15, 0.2) is 29.2 Å². The number of benzene rings is 1. The molecule has 1 heterocycles.